The Morgan fingerprint density at radius 1 is 1.00 bits per heavy atom. The summed E-state index contributed by atoms with van der Waals surface area (Å²) in [4.78, 5) is 0. The zero-order valence-electron chi connectivity index (χ0n) is 13.9. The van der Waals surface area contributed by atoms with Gasteiger partial charge in [0.25, 0.3) is 0 Å². The molecular weight excluding hydrogens is 346 g/mol. The van der Waals surface area contributed by atoms with Gasteiger partial charge in [-0.1, -0.05) is 22.9 Å². The molecule has 5 heteroatoms. The van der Waals surface area contributed by atoms with Gasteiger partial charge in [-0.05, 0) is 50.9 Å². The van der Waals surface area contributed by atoms with Crippen LogP contribution in [0.4, 0.5) is 0 Å². The number of ether oxygens (including phenoxy) is 3. The lowest BCUT2D eigenvalue weighted by Gasteiger charge is -2.15. The molecule has 4 nitrogen and oxygen atoms in total. The predicted octanol–water partition coefficient (Wildman–Crippen LogP) is 4.15. The van der Waals surface area contributed by atoms with Crippen LogP contribution in [0.3, 0.4) is 0 Å². The monoisotopic (exact) mass is 373 g/mol. The van der Waals surface area contributed by atoms with Gasteiger partial charge in [-0.3, -0.25) is 0 Å². The van der Waals surface area contributed by atoms with Crippen molar-refractivity contribution < 1.29 is 14.2 Å². The van der Waals surface area contributed by atoms with Gasteiger partial charge in [0.2, 0.25) is 0 Å². The summed E-state index contributed by atoms with van der Waals surface area (Å²) in [5.74, 6) is 1.61. The lowest BCUT2D eigenvalue weighted by atomic mass is 10.2. The number of nitrogens with one attached hydrogen (secondary N) is 1. The van der Waals surface area contributed by atoms with Crippen LogP contribution in [0.15, 0.2) is 16.6 Å². The van der Waals surface area contributed by atoms with E-state index in [-0.39, 0.29) is 0 Å². The Bertz CT molecular complexity index is 427. The number of benzene rings is 1. The number of halogens is 1. The fourth-order valence-corrected chi connectivity index (χ4v) is 2.44. The van der Waals surface area contributed by atoms with Crippen LogP contribution in [0, 0.1) is 0 Å². The Balaban J connectivity index is 2.60. The zero-order valence-corrected chi connectivity index (χ0v) is 15.5. The molecule has 0 atom stereocenters. The van der Waals surface area contributed by atoms with Crippen LogP contribution in [-0.4, -0.2) is 33.0 Å². The van der Waals surface area contributed by atoms with Crippen LogP contribution in [0.2, 0.25) is 0 Å². The Morgan fingerprint density at radius 2 is 1.77 bits per heavy atom. The Morgan fingerprint density at radius 3 is 2.45 bits per heavy atom. The predicted molar refractivity (Wildman–Crippen MR) is 93.9 cm³/mol. The first-order valence-electron chi connectivity index (χ1n) is 8.09. The summed E-state index contributed by atoms with van der Waals surface area (Å²) in [6.07, 6.45) is 1.99. The van der Waals surface area contributed by atoms with Gasteiger partial charge in [0, 0.05) is 24.2 Å². The molecule has 0 aromatic heterocycles. The summed E-state index contributed by atoms with van der Waals surface area (Å²) >= 11 is 3.62. The van der Waals surface area contributed by atoms with E-state index in [1.165, 1.54) is 5.56 Å². The molecule has 1 aromatic carbocycles. The van der Waals surface area contributed by atoms with Crippen LogP contribution < -0.4 is 14.8 Å². The quantitative estimate of drug-likeness (QED) is 0.558. The fourth-order valence-electron chi connectivity index (χ4n) is 1.97. The van der Waals surface area contributed by atoms with Gasteiger partial charge in [-0.25, -0.2) is 0 Å². The maximum atomic E-state index is 5.75. The maximum Gasteiger partial charge on any atom is 0.162 e. The molecular formula is C17H28BrNO3. The van der Waals surface area contributed by atoms with E-state index < -0.39 is 0 Å². The summed E-state index contributed by atoms with van der Waals surface area (Å²) in [6, 6.07) is 4.05. The van der Waals surface area contributed by atoms with E-state index in [1.807, 2.05) is 26.0 Å². The largest absolute Gasteiger partial charge is 0.490 e. The average molecular weight is 374 g/mol. The van der Waals surface area contributed by atoms with Crippen molar-refractivity contribution in [3.63, 3.8) is 0 Å². The highest BCUT2D eigenvalue weighted by Crippen LogP contribution is 2.34. The van der Waals surface area contributed by atoms with E-state index in [9.17, 15) is 0 Å². The van der Waals surface area contributed by atoms with E-state index in [0.717, 1.165) is 55.1 Å². The standard InChI is InChI=1S/C17H28BrNO3/c1-4-9-22-17-12-15(18)14(11-16(17)21-6-3)13-19-8-7-10-20-5-2/h11-12,19H,4-10,13H2,1-3H3. The Labute approximate surface area is 142 Å². The lowest BCUT2D eigenvalue weighted by molar-refractivity contribution is 0.144. The van der Waals surface area contributed by atoms with Crippen LogP contribution in [0.5, 0.6) is 11.5 Å². The van der Waals surface area contributed by atoms with Crippen LogP contribution in [-0.2, 0) is 11.3 Å². The molecule has 0 heterocycles. The lowest BCUT2D eigenvalue weighted by Crippen LogP contribution is -2.17. The van der Waals surface area contributed by atoms with Crippen molar-refractivity contribution in [3.8, 4) is 11.5 Å². The third-order valence-corrected chi connectivity index (χ3v) is 3.77. The van der Waals surface area contributed by atoms with Crippen LogP contribution in [0.25, 0.3) is 0 Å². The highest BCUT2D eigenvalue weighted by molar-refractivity contribution is 9.10. The second-order valence-electron chi connectivity index (χ2n) is 4.90. The smallest absolute Gasteiger partial charge is 0.162 e. The van der Waals surface area contributed by atoms with Gasteiger partial charge in [-0.2, -0.15) is 0 Å². The molecule has 126 valence electrons. The molecule has 0 saturated heterocycles. The van der Waals surface area contributed by atoms with Gasteiger partial charge in [0.05, 0.1) is 13.2 Å². The van der Waals surface area contributed by atoms with Crippen molar-refractivity contribution in [1.82, 2.24) is 5.32 Å². The summed E-state index contributed by atoms with van der Waals surface area (Å²) in [5.41, 5.74) is 1.17. The fraction of sp³-hybridized carbons (Fsp3) is 0.647. The minimum atomic E-state index is 0.630. The van der Waals surface area contributed by atoms with Crippen LogP contribution >= 0.6 is 15.9 Å². The van der Waals surface area contributed by atoms with Crippen LogP contribution in [0.1, 0.15) is 39.2 Å². The molecule has 0 fully saturated rings. The van der Waals surface area contributed by atoms with Crippen molar-refractivity contribution in [3.05, 3.63) is 22.2 Å². The van der Waals surface area contributed by atoms with E-state index in [0.29, 0.717) is 13.2 Å². The molecule has 0 saturated carbocycles. The molecule has 1 N–H and O–H groups in total. The van der Waals surface area contributed by atoms with Gasteiger partial charge in [0.15, 0.2) is 11.5 Å². The normalized spacial score (nSPS) is 10.7. The van der Waals surface area contributed by atoms with E-state index in [2.05, 4.69) is 28.2 Å². The topological polar surface area (TPSA) is 39.7 Å². The zero-order chi connectivity index (χ0) is 16.2. The summed E-state index contributed by atoms with van der Waals surface area (Å²) in [7, 11) is 0. The third kappa shape index (κ3) is 6.99. The maximum absolute atomic E-state index is 5.75. The highest BCUT2D eigenvalue weighted by atomic mass is 79.9. The van der Waals surface area contributed by atoms with Gasteiger partial charge in [-0.15, -0.1) is 0 Å². The van der Waals surface area contributed by atoms with Crippen molar-refractivity contribution in [2.24, 2.45) is 0 Å². The molecule has 0 radical (unpaired) electrons. The molecule has 1 rings (SSSR count). The average Bonchev–Trinajstić information content (AvgIpc) is 2.52. The Hall–Kier alpha value is -0.780. The van der Waals surface area contributed by atoms with Crippen molar-refractivity contribution in [2.75, 3.05) is 33.0 Å². The van der Waals surface area contributed by atoms with Crippen molar-refractivity contribution >= 4 is 15.9 Å². The van der Waals surface area contributed by atoms with Gasteiger partial charge >= 0.3 is 0 Å². The van der Waals surface area contributed by atoms with Gasteiger partial charge < -0.3 is 19.5 Å². The van der Waals surface area contributed by atoms with Gasteiger partial charge in [0.1, 0.15) is 0 Å². The number of hydrogen-bond acceptors (Lipinski definition) is 4. The molecule has 0 spiro atoms. The van der Waals surface area contributed by atoms with E-state index >= 15 is 0 Å². The SMILES string of the molecule is CCCOc1cc(Br)c(CNCCCOCC)cc1OCC. The molecule has 0 amide bonds. The summed E-state index contributed by atoms with van der Waals surface area (Å²) in [6.45, 7) is 10.7. The first-order valence-corrected chi connectivity index (χ1v) is 8.88. The third-order valence-electron chi connectivity index (χ3n) is 3.04. The highest BCUT2D eigenvalue weighted by Gasteiger charge is 2.10. The van der Waals surface area contributed by atoms with E-state index in [4.69, 9.17) is 14.2 Å². The second kappa shape index (κ2) is 11.7. The first kappa shape index (κ1) is 19.3. The van der Waals surface area contributed by atoms with E-state index in [1.54, 1.807) is 0 Å². The number of hydrogen-bond donors (Lipinski definition) is 1. The summed E-state index contributed by atoms with van der Waals surface area (Å²) < 4.78 is 17.8. The second-order valence-corrected chi connectivity index (χ2v) is 5.75. The first-order chi connectivity index (χ1) is 10.7. The molecule has 0 unspecified atom stereocenters. The molecule has 22 heavy (non-hydrogen) atoms. The summed E-state index contributed by atoms with van der Waals surface area (Å²) in [5, 5.41) is 3.43. The van der Waals surface area contributed by atoms with Crippen molar-refractivity contribution in [1.29, 1.82) is 0 Å². The molecule has 1 aromatic rings. The molecule has 0 bridgehead atoms. The molecule has 0 aliphatic rings. The van der Waals surface area contributed by atoms with Crippen molar-refractivity contribution in [2.45, 2.75) is 40.2 Å². The minimum absolute atomic E-state index is 0.630. The molecule has 0 aliphatic carbocycles. The Kier molecular flexibility index (Phi) is 10.3. The number of rotatable bonds is 12. The molecule has 0 aliphatic heterocycles. The minimum Gasteiger partial charge on any atom is -0.490 e.